The average molecular weight is 371 g/mol. The molecule has 2 fully saturated rings. The minimum Gasteiger partial charge on any atom is -0.494 e. The molecule has 1 spiro atoms. The van der Waals surface area contributed by atoms with Gasteiger partial charge < -0.3 is 14.6 Å². The predicted molar refractivity (Wildman–Crippen MR) is 99.0 cm³/mol. The number of aliphatic carboxylic acids is 1. The topological polar surface area (TPSA) is 76.8 Å². The van der Waals surface area contributed by atoms with Crippen molar-refractivity contribution in [3.63, 3.8) is 0 Å². The number of likely N-dealkylation sites (tertiary alicyclic amines) is 1. The van der Waals surface area contributed by atoms with E-state index in [0.29, 0.717) is 26.3 Å². The number of nitrogens with zero attached hydrogens (tertiary/aromatic N) is 3. The Balaban J connectivity index is 1.50. The van der Waals surface area contributed by atoms with Crippen molar-refractivity contribution in [2.24, 2.45) is 11.3 Å². The van der Waals surface area contributed by atoms with Gasteiger partial charge in [-0.15, -0.1) is 0 Å². The maximum Gasteiger partial charge on any atom is 0.308 e. The summed E-state index contributed by atoms with van der Waals surface area (Å²) < 4.78 is 12.7. The number of methoxy groups -OCH3 is 1. The Bertz CT molecular complexity index is 813. The highest BCUT2D eigenvalue weighted by atomic mass is 16.5. The number of carboxylic acid groups (broad SMARTS) is 1. The van der Waals surface area contributed by atoms with Gasteiger partial charge in [-0.05, 0) is 25.0 Å². The molecule has 2 aliphatic heterocycles. The molecule has 0 aliphatic carbocycles. The minimum atomic E-state index is -0.691. The fourth-order valence-corrected chi connectivity index (χ4v) is 4.47. The van der Waals surface area contributed by atoms with Gasteiger partial charge in [0.2, 0.25) is 0 Å². The van der Waals surface area contributed by atoms with Crippen LogP contribution in [0.4, 0.5) is 0 Å². The summed E-state index contributed by atoms with van der Waals surface area (Å²) in [6, 6.07) is 7.74. The molecular weight excluding hydrogens is 346 g/mol. The largest absolute Gasteiger partial charge is 0.494 e. The highest BCUT2D eigenvalue weighted by Crippen LogP contribution is 2.44. The Kier molecular flexibility index (Phi) is 4.88. The van der Waals surface area contributed by atoms with Crippen LogP contribution in [0.5, 0.6) is 5.75 Å². The van der Waals surface area contributed by atoms with Crippen LogP contribution in [0.2, 0.25) is 0 Å². The third-order valence-corrected chi connectivity index (χ3v) is 5.88. The van der Waals surface area contributed by atoms with E-state index < -0.39 is 5.97 Å². The van der Waals surface area contributed by atoms with Gasteiger partial charge in [-0.1, -0.05) is 12.1 Å². The molecule has 1 aromatic carbocycles. The number of ether oxygens (including phenoxy) is 2. The summed E-state index contributed by atoms with van der Waals surface area (Å²) in [6.07, 6.45) is 5.47. The van der Waals surface area contributed by atoms with E-state index in [1.54, 1.807) is 7.11 Å². The Hall–Kier alpha value is -2.38. The zero-order chi connectivity index (χ0) is 18.9. The molecule has 0 bridgehead atoms. The van der Waals surface area contributed by atoms with E-state index in [-0.39, 0.29) is 11.3 Å². The van der Waals surface area contributed by atoms with Crippen LogP contribution in [-0.2, 0) is 16.1 Å². The molecule has 27 heavy (non-hydrogen) atoms. The number of carboxylic acids is 1. The third kappa shape index (κ3) is 3.44. The lowest BCUT2D eigenvalue weighted by molar-refractivity contribution is -0.147. The third-order valence-electron chi connectivity index (χ3n) is 5.88. The van der Waals surface area contributed by atoms with Gasteiger partial charge in [-0.2, -0.15) is 5.10 Å². The molecule has 2 saturated heterocycles. The minimum absolute atomic E-state index is 0.164. The summed E-state index contributed by atoms with van der Waals surface area (Å²) in [5, 5.41) is 14.2. The van der Waals surface area contributed by atoms with Crippen LogP contribution in [0.3, 0.4) is 0 Å². The van der Waals surface area contributed by atoms with E-state index >= 15 is 0 Å². The lowest BCUT2D eigenvalue weighted by Crippen LogP contribution is -2.40. The van der Waals surface area contributed by atoms with Gasteiger partial charge in [0.15, 0.2) is 0 Å². The quantitative estimate of drug-likeness (QED) is 0.868. The van der Waals surface area contributed by atoms with E-state index in [4.69, 9.17) is 9.47 Å². The molecule has 1 atom stereocenters. The van der Waals surface area contributed by atoms with Gasteiger partial charge >= 0.3 is 5.97 Å². The number of hydrogen-bond donors (Lipinski definition) is 1. The monoisotopic (exact) mass is 371 g/mol. The van der Waals surface area contributed by atoms with Crippen molar-refractivity contribution in [1.29, 1.82) is 0 Å². The first kappa shape index (κ1) is 18.0. The second-order valence-corrected chi connectivity index (χ2v) is 7.50. The molecule has 3 heterocycles. The Morgan fingerprint density at radius 1 is 1.37 bits per heavy atom. The predicted octanol–water partition coefficient (Wildman–Crippen LogP) is 2.19. The molecule has 2 aromatic rings. The number of benzene rings is 1. The number of aromatic nitrogens is 2. The van der Waals surface area contributed by atoms with Crippen LogP contribution in [-0.4, -0.2) is 59.2 Å². The maximum absolute atomic E-state index is 11.8. The maximum atomic E-state index is 11.8. The Morgan fingerprint density at radius 2 is 2.15 bits per heavy atom. The molecular formula is C20H25N3O4. The highest BCUT2D eigenvalue weighted by molar-refractivity contribution is 5.72. The van der Waals surface area contributed by atoms with Crippen molar-refractivity contribution in [3.8, 4) is 11.4 Å². The standard InChI is InChI=1S/C20H25N3O4/c1-26-18-5-3-2-4-17(18)23-12-15(10-21-23)11-22-13-16(19(24)25)20(14-22)6-8-27-9-7-20/h2-5,10,12,16H,6-9,11,13-14H2,1H3,(H,24,25). The van der Waals surface area contributed by atoms with Crippen LogP contribution in [0.1, 0.15) is 18.4 Å². The van der Waals surface area contributed by atoms with E-state index in [2.05, 4.69) is 10.00 Å². The summed E-state index contributed by atoms with van der Waals surface area (Å²) >= 11 is 0. The molecule has 1 unspecified atom stereocenters. The molecule has 1 aromatic heterocycles. The second kappa shape index (κ2) is 7.32. The lowest BCUT2D eigenvalue weighted by Gasteiger charge is -2.36. The van der Waals surface area contributed by atoms with Crippen LogP contribution in [0, 0.1) is 11.3 Å². The summed E-state index contributed by atoms with van der Waals surface area (Å²) in [7, 11) is 1.65. The molecule has 1 N–H and O–H groups in total. The van der Waals surface area contributed by atoms with Gasteiger partial charge in [0.05, 0.1) is 19.2 Å². The van der Waals surface area contributed by atoms with Crippen molar-refractivity contribution in [2.45, 2.75) is 19.4 Å². The van der Waals surface area contributed by atoms with Crippen LogP contribution >= 0.6 is 0 Å². The molecule has 144 valence electrons. The second-order valence-electron chi connectivity index (χ2n) is 7.50. The normalized spacial score (nSPS) is 22.2. The van der Waals surface area contributed by atoms with Gasteiger partial charge in [0.25, 0.3) is 0 Å². The van der Waals surface area contributed by atoms with Gasteiger partial charge in [0.1, 0.15) is 11.4 Å². The van der Waals surface area contributed by atoms with Gasteiger partial charge in [0, 0.05) is 50.0 Å². The number of carbonyl (C=O) groups is 1. The molecule has 2 aliphatic rings. The van der Waals surface area contributed by atoms with Crippen molar-refractivity contribution in [1.82, 2.24) is 14.7 Å². The van der Waals surface area contributed by atoms with Crippen molar-refractivity contribution in [2.75, 3.05) is 33.4 Å². The smallest absolute Gasteiger partial charge is 0.308 e. The number of para-hydroxylation sites is 2. The van der Waals surface area contributed by atoms with Crippen LogP contribution in [0.15, 0.2) is 36.7 Å². The first-order valence-corrected chi connectivity index (χ1v) is 9.31. The van der Waals surface area contributed by atoms with Gasteiger partial charge in [-0.3, -0.25) is 9.69 Å². The van der Waals surface area contributed by atoms with Crippen molar-refractivity contribution >= 4 is 5.97 Å². The molecule has 0 radical (unpaired) electrons. The highest BCUT2D eigenvalue weighted by Gasteiger charge is 2.50. The fraction of sp³-hybridized carbons (Fsp3) is 0.500. The van der Waals surface area contributed by atoms with Crippen molar-refractivity contribution in [3.05, 3.63) is 42.2 Å². The Labute approximate surface area is 158 Å². The van der Waals surface area contributed by atoms with E-state index in [9.17, 15) is 9.90 Å². The summed E-state index contributed by atoms with van der Waals surface area (Å²) in [6.45, 7) is 3.39. The van der Waals surface area contributed by atoms with E-state index in [1.165, 1.54) is 0 Å². The average Bonchev–Trinajstić information content (AvgIpc) is 3.27. The first-order chi connectivity index (χ1) is 13.1. The molecule has 7 nitrogen and oxygen atoms in total. The zero-order valence-corrected chi connectivity index (χ0v) is 15.5. The molecule has 7 heteroatoms. The SMILES string of the molecule is COc1ccccc1-n1cc(CN2CC(C(=O)O)C3(CCOCC3)C2)cn1. The van der Waals surface area contributed by atoms with E-state index in [1.807, 2.05) is 41.3 Å². The fourth-order valence-electron chi connectivity index (χ4n) is 4.47. The first-order valence-electron chi connectivity index (χ1n) is 9.31. The molecule has 0 saturated carbocycles. The number of rotatable bonds is 5. The summed E-state index contributed by atoms with van der Waals surface area (Å²) in [5.74, 6) is -0.254. The van der Waals surface area contributed by atoms with Crippen LogP contribution in [0.25, 0.3) is 5.69 Å². The summed E-state index contributed by atoms with van der Waals surface area (Å²) in [4.78, 5) is 14.1. The Morgan fingerprint density at radius 3 is 2.89 bits per heavy atom. The zero-order valence-electron chi connectivity index (χ0n) is 15.5. The molecule has 0 amide bonds. The lowest BCUT2D eigenvalue weighted by atomic mass is 9.72. The van der Waals surface area contributed by atoms with Crippen LogP contribution < -0.4 is 4.74 Å². The molecule has 4 rings (SSSR count). The number of hydrogen-bond acceptors (Lipinski definition) is 5. The van der Waals surface area contributed by atoms with Crippen molar-refractivity contribution < 1.29 is 19.4 Å². The summed E-state index contributed by atoms with van der Waals surface area (Å²) in [5.41, 5.74) is 1.79. The van der Waals surface area contributed by atoms with Gasteiger partial charge in [-0.25, -0.2) is 4.68 Å². The van der Waals surface area contributed by atoms with E-state index in [0.717, 1.165) is 36.4 Å².